The molecule has 366 valence electrons. The summed E-state index contributed by atoms with van der Waals surface area (Å²) < 4.78 is 24.3. The van der Waals surface area contributed by atoms with Crippen LogP contribution in [-0.2, 0) is 23.7 Å². The summed E-state index contributed by atoms with van der Waals surface area (Å²) in [5.41, 5.74) is -2.20. The summed E-state index contributed by atoms with van der Waals surface area (Å²) in [6, 6.07) is 2.06. The molecular formula is C51H79NO13. The summed E-state index contributed by atoms with van der Waals surface area (Å²) in [5, 5.41) is 97.6. The molecule has 0 aromatic rings. The van der Waals surface area contributed by atoms with Crippen molar-refractivity contribution in [1.82, 2.24) is 0 Å². The highest BCUT2D eigenvalue weighted by atomic mass is 16.7. The Hall–Kier alpha value is -3.30. The lowest BCUT2D eigenvalue weighted by Crippen LogP contribution is -2.54. The zero-order valence-corrected chi connectivity index (χ0v) is 39.6. The summed E-state index contributed by atoms with van der Waals surface area (Å²) in [6.45, 7) is 14.2. The average molecular weight is 914 g/mol. The zero-order valence-electron chi connectivity index (χ0n) is 39.6. The van der Waals surface area contributed by atoms with Gasteiger partial charge in [0.05, 0.1) is 85.0 Å². The maximum atomic E-state index is 12.9. The van der Waals surface area contributed by atoms with Crippen molar-refractivity contribution < 1.29 is 64.6 Å². The summed E-state index contributed by atoms with van der Waals surface area (Å²) in [4.78, 5) is 12.9. The lowest BCUT2D eigenvalue weighted by atomic mass is 9.66. The molecule has 0 aromatic heterocycles. The minimum atomic E-state index is -1.30. The Labute approximate surface area is 387 Å². The molecule has 3 aliphatic heterocycles. The number of carbonyl (C=O) groups excluding carboxylic acids is 1. The molecule has 0 aromatic carbocycles. The molecule has 8 N–H and O–H groups in total. The molecule has 65 heavy (non-hydrogen) atoms. The smallest absolute Gasteiger partial charge is 0.308 e. The molecule has 3 aliphatic rings. The van der Waals surface area contributed by atoms with E-state index >= 15 is 0 Å². The van der Waals surface area contributed by atoms with E-state index in [-0.39, 0.29) is 56.8 Å². The van der Waals surface area contributed by atoms with E-state index in [1.165, 1.54) is 0 Å². The minimum absolute atomic E-state index is 0.0424. The predicted octanol–water partition coefficient (Wildman–Crippen LogP) is 5.19. The van der Waals surface area contributed by atoms with Gasteiger partial charge in [0.2, 0.25) is 0 Å². The maximum Gasteiger partial charge on any atom is 0.308 e. The van der Waals surface area contributed by atoms with E-state index in [0.29, 0.717) is 0 Å². The topological polar surface area (TPSA) is 240 Å². The SMILES string of the molecule is CC1OC(O[C@H]2/C=C/C=C/C=C/C=C/C=C/C=C/C=C/[C@H](C)[C@@](C)(O)C(C)(C)[C@H](C)OC(=O)C[C@H](O)C[C@H](O)CC[C@@H](C#N)[C@H](O)C[C@H](O)C[C@H]3C[C@H](O)[C@@H](C)[C@H](C2)O3)C(O)C(C)C1O. The van der Waals surface area contributed by atoms with Crippen LogP contribution in [0.25, 0.3) is 0 Å². The molecule has 5 unspecified atom stereocenters. The highest BCUT2D eigenvalue weighted by Crippen LogP contribution is 2.42. The number of ether oxygens (including phenoxy) is 4. The van der Waals surface area contributed by atoms with Crippen molar-refractivity contribution in [3.05, 3.63) is 85.1 Å². The van der Waals surface area contributed by atoms with Crippen molar-refractivity contribution in [1.29, 1.82) is 5.26 Å². The quantitative estimate of drug-likeness (QED) is 0.166. The second-order valence-electron chi connectivity index (χ2n) is 19.2. The van der Waals surface area contributed by atoms with Crippen LogP contribution in [0.1, 0.15) is 107 Å². The van der Waals surface area contributed by atoms with Gasteiger partial charge in [-0.3, -0.25) is 4.79 Å². The van der Waals surface area contributed by atoms with Crippen LogP contribution in [0.2, 0.25) is 0 Å². The van der Waals surface area contributed by atoms with Crippen LogP contribution in [0, 0.1) is 40.4 Å². The number of allylic oxidation sites excluding steroid dienone is 12. The first-order chi connectivity index (χ1) is 30.6. The highest BCUT2D eigenvalue weighted by molar-refractivity contribution is 5.70. The number of cyclic esters (lactones) is 1. The number of nitrogens with zero attached hydrogens (tertiary/aromatic N) is 1. The van der Waals surface area contributed by atoms with E-state index in [1.807, 2.05) is 107 Å². The Kier molecular flexibility index (Phi) is 23.2. The fourth-order valence-electron chi connectivity index (χ4n) is 8.43. The van der Waals surface area contributed by atoms with Gasteiger partial charge in [-0.2, -0.15) is 5.26 Å². The monoisotopic (exact) mass is 914 g/mol. The van der Waals surface area contributed by atoms with Gasteiger partial charge in [0.15, 0.2) is 6.29 Å². The van der Waals surface area contributed by atoms with Crippen LogP contribution in [0.3, 0.4) is 0 Å². The molecule has 14 nitrogen and oxygen atoms in total. The van der Waals surface area contributed by atoms with E-state index < -0.39 is 115 Å². The normalized spacial score (nSPS) is 45.1. The number of aliphatic hydroxyl groups excluding tert-OH is 7. The van der Waals surface area contributed by atoms with E-state index in [9.17, 15) is 50.9 Å². The van der Waals surface area contributed by atoms with Gasteiger partial charge in [0.25, 0.3) is 0 Å². The fraction of sp³-hybridized carbons (Fsp3) is 0.686. The molecular weight excluding hydrogens is 835 g/mol. The van der Waals surface area contributed by atoms with Gasteiger partial charge < -0.3 is 59.8 Å². The lowest BCUT2D eigenvalue weighted by Gasteiger charge is -2.46. The number of rotatable bonds is 2. The molecule has 3 rings (SSSR count). The molecule has 2 saturated heterocycles. The molecule has 14 heteroatoms. The van der Waals surface area contributed by atoms with Gasteiger partial charge in [0, 0.05) is 36.0 Å². The van der Waals surface area contributed by atoms with Gasteiger partial charge in [0.1, 0.15) is 12.2 Å². The van der Waals surface area contributed by atoms with E-state index in [4.69, 9.17) is 18.9 Å². The number of hydrogen-bond acceptors (Lipinski definition) is 14. The first-order valence-corrected chi connectivity index (χ1v) is 23.3. The van der Waals surface area contributed by atoms with Crippen LogP contribution in [-0.4, -0.2) is 132 Å². The third kappa shape index (κ3) is 17.4. The zero-order chi connectivity index (χ0) is 48.5. The summed E-state index contributed by atoms with van der Waals surface area (Å²) in [6.07, 6.45) is 14.3. The molecule has 2 bridgehead atoms. The summed E-state index contributed by atoms with van der Waals surface area (Å²) in [5.74, 6) is -2.80. The third-order valence-electron chi connectivity index (χ3n) is 13.9. The number of fused-ring (bicyclic) bond motifs is 2. The van der Waals surface area contributed by atoms with Crippen molar-refractivity contribution in [3.63, 3.8) is 0 Å². The number of hydrogen-bond donors (Lipinski definition) is 8. The van der Waals surface area contributed by atoms with Gasteiger partial charge >= 0.3 is 5.97 Å². The minimum Gasteiger partial charge on any atom is -0.462 e. The van der Waals surface area contributed by atoms with Crippen LogP contribution in [0.15, 0.2) is 85.1 Å². The third-order valence-corrected chi connectivity index (χ3v) is 13.9. The van der Waals surface area contributed by atoms with Crippen molar-refractivity contribution in [2.24, 2.45) is 29.1 Å². The summed E-state index contributed by atoms with van der Waals surface area (Å²) >= 11 is 0. The standard InChI is InChI=1S/C51H79NO13/c1-32-21-19-17-15-13-11-9-10-12-14-16-18-20-22-41(65-49-48(60)34(3)47(59)35(4)62-49)30-45-33(2)43(56)29-42(64-45)26-40(55)27-44(57)37(31-52)23-24-38(53)25-39(54)28-46(58)63-36(5)50(6,7)51(32,8)61/h9-22,32-45,47-49,53-57,59-61H,23-30H2,1-8H3/b10-9+,13-11+,14-12+,17-15+,18-16+,21-19+,22-20+/t32-,33+,34?,35?,36-,37-,38+,39+,40+,41-,42-,43-,44+,45-,47?,48?,49?,51+/m0/s1. The number of carbonyl (C=O) groups is 1. The summed E-state index contributed by atoms with van der Waals surface area (Å²) in [7, 11) is 0. The molecule has 0 aliphatic carbocycles. The van der Waals surface area contributed by atoms with E-state index in [0.717, 1.165) is 0 Å². The maximum absolute atomic E-state index is 12.9. The number of nitriles is 1. The fourth-order valence-corrected chi connectivity index (χ4v) is 8.43. The Morgan fingerprint density at radius 1 is 0.646 bits per heavy atom. The second kappa shape index (κ2) is 26.9. The van der Waals surface area contributed by atoms with Crippen molar-refractivity contribution >= 4 is 5.97 Å². The van der Waals surface area contributed by atoms with Crippen molar-refractivity contribution in [3.8, 4) is 6.07 Å². The predicted molar refractivity (Wildman–Crippen MR) is 247 cm³/mol. The van der Waals surface area contributed by atoms with Gasteiger partial charge in [-0.1, -0.05) is 120 Å². The lowest BCUT2D eigenvalue weighted by molar-refractivity contribution is -0.290. The van der Waals surface area contributed by atoms with Gasteiger partial charge in [-0.05, 0) is 52.9 Å². The number of aliphatic hydroxyl groups is 8. The first kappa shape index (κ1) is 56.0. The molecule has 2 fully saturated rings. The van der Waals surface area contributed by atoms with E-state index in [1.54, 1.807) is 33.8 Å². The Morgan fingerprint density at radius 2 is 1.22 bits per heavy atom. The average Bonchev–Trinajstić information content (AvgIpc) is 3.23. The Balaban J connectivity index is 1.83. The van der Waals surface area contributed by atoms with Gasteiger partial charge in [-0.15, -0.1) is 0 Å². The molecule has 0 saturated carbocycles. The molecule has 3 heterocycles. The van der Waals surface area contributed by atoms with Crippen LogP contribution >= 0.6 is 0 Å². The van der Waals surface area contributed by atoms with Crippen LogP contribution in [0.4, 0.5) is 0 Å². The van der Waals surface area contributed by atoms with Crippen LogP contribution < -0.4 is 0 Å². The van der Waals surface area contributed by atoms with E-state index in [2.05, 4.69) is 6.07 Å². The molecule has 0 spiro atoms. The molecule has 0 amide bonds. The van der Waals surface area contributed by atoms with Crippen molar-refractivity contribution in [2.75, 3.05) is 0 Å². The second-order valence-corrected chi connectivity index (χ2v) is 19.2. The molecule has 18 atom stereocenters. The highest BCUT2D eigenvalue weighted by Gasteiger charge is 2.48. The van der Waals surface area contributed by atoms with Crippen LogP contribution in [0.5, 0.6) is 0 Å². The first-order valence-electron chi connectivity index (χ1n) is 23.3. The molecule has 0 radical (unpaired) electrons. The van der Waals surface area contributed by atoms with Crippen molar-refractivity contribution in [2.45, 2.75) is 192 Å². The largest absolute Gasteiger partial charge is 0.462 e. The Morgan fingerprint density at radius 3 is 1.80 bits per heavy atom. The van der Waals surface area contributed by atoms with Gasteiger partial charge in [-0.25, -0.2) is 0 Å². The Bertz CT molecular complexity index is 1700. The number of esters is 1.